The summed E-state index contributed by atoms with van der Waals surface area (Å²) in [5.74, 6) is -0.821. The van der Waals surface area contributed by atoms with Crippen molar-refractivity contribution in [1.82, 2.24) is 0 Å². The van der Waals surface area contributed by atoms with Crippen LogP contribution in [0, 0.1) is 11.6 Å². The van der Waals surface area contributed by atoms with Crippen molar-refractivity contribution < 1.29 is 73.1 Å². The van der Waals surface area contributed by atoms with Crippen molar-refractivity contribution in [3.8, 4) is 0 Å². The van der Waals surface area contributed by atoms with E-state index >= 15 is 0 Å². The zero-order chi connectivity index (χ0) is 9.56. The molecule has 0 bridgehead atoms. The summed E-state index contributed by atoms with van der Waals surface area (Å²) in [6, 6.07) is 4.31. The van der Waals surface area contributed by atoms with Crippen LogP contribution in [-0.4, -0.2) is 4.55 Å². The van der Waals surface area contributed by atoms with Gasteiger partial charge in [-0.15, -0.1) is 0 Å². The van der Waals surface area contributed by atoms with Crippen LogP contribution in [0.5, 0.6) is 0 Å². The fourth-order valence-corrected chi connectivity index (χ4v) is 0.430. The molecule has 1 rings (SSSR count). The molecule has 0 saturated heterocycles. The van der Waals surface area contributed by atoms with Crippen LogP contribution in [0.3, 0.4) is 0 Å². The van der Waals surface area contributed by atoms with Gasteiger partial charge in [0.2, 0.25) is 0 Å². The molecule has 0 spiro atoms. The smallest absolute Gasteiger partial charge is 0.439 e. The molecule has 0 amide bonds. The summed E-state index contributed by atoms with van der Waals surface area (Å²) in [6.45, 7) is 0. The first-order chi connectivity index (χ1) is 5.52. The van der Waals surface area contributed by atoms with Gasteiger partial charge in [-0.3, -0.25) is 0 Å². The molecule has 0 radical (unpaired) electrons. The quantitative estimate of drug-likeness (QED) is 0.264. The summed E-state index contributed by atoms with van der Waals surface area (Å²) < 4.78 is 47.9. The second-order valence-corrected chi connectivity index (χ2v) is 2.09. The van der Waals surface area contributed by atoms with E-state index in [-0.39, 0.29) is 51.4 Å². The number of halogens is 2. The van der Waals surface area contributed by atoms with Crippen LogP contribution < -0.4 is 51.4 Å². The first-order valence-corrected chi connectivity index (χ1v) is 3.75. The molecular weight excluding hydrogens is 229 g/mol. The minimum atomic E-state index is -2.86. The second-order valence-electron chi connectivity index (χ2n) is 1.65. The first kappa shape index (κ1) is 16.1. The predicted molar refractivity (Wildman–Crippen MR) is 37.7 cm³/mol. The van der Waals surface area contributed by atoms with E-state index in [1.807, 2.05) is 0 Å². The van der Waals surface area contributed by atoms with E-state index in [1.165, 1.54) is 0 Å². The van der Waals surface area contributed by atoms with Gasteiger partial charge in [-0.25, -0.2) is 8.78 Å². The average molecular weight is 234 g/mol. The fourth-order valence-electron chi connectivity index (χ4n) is 0.430. The van der Waals surface area contributed by atoms with E-state index in [0.717, 1.165) is 24.3 Å². The van der Waals surface area contributed by atoms with Crippen molar-refractivity contribution in [3.05, 3.63) is 35.9 Å². The third-order valence-electron chi connectivity index (χ3n) is 0.804. The Morgan fingerprint density at radius 2 is 1.15 bits per heavy atom. The van der Waals surface area contributed by atoms with Gasteiger partial charge >= 0.3 is 51.4 Å². The second kappa shape index (κ2) is 9.19. The van der Waals surface area contributed by atoms with Gasteiger partial charge in [0, 0.05) is 11.0 Å². The summed E-state index contributed by atoms with van der Waals surface area (Å²) in [5, 5.41) is 0. The van der Waals surface area contributed by atoms with Gasteiger partial charge < -0.3 is 13.0 Å². The van der Waals surface area contributed by atoms with E-state index in [0.29, 0.717) is 0 Å². The molecule has 68 valence electrons. The van der Waals surface area contributed by atoms with E-state index in [2.05, 4.69) is 0 Å². The van der Waals surface area contributed by atoms with Gasteiger partial charge in [0.15, 0.2) is 0 Å². The molecule has 0 aliphatic rings. The summed E-state index contributed by atoms with van der Waals surface area (Å²) in [6.07, 6.45) is 0. The molecule has 0 heterocycles. The standard InChI is InChI=1S/C6H4F2.K.HO3S/c7-5-1-2-6(8)4-3-5;;1-4(2)3/h1-4H;;(H,1,2,3)/q;+1;-1. The molecule has 7 heteroatoms. The number of hydrogen-bond acceptors (Lipinski definition) is 3. The summed E-state index contributed by atoms with van der Waals surface area (Å²) >= 11 is 0. The molecule has 1 aromatic rings. The van der Waals surface area contributed by atoms with Crippen LogP contribution >= 0.6 is 0 Å². The van der Waals surface area contributed by atoms with E-state index in [4.69, 9.17) is 13.0 Å². The van der Waals surface area contributed by atoms with E-state index in [1.54, 1.807) is 0 Å². The molecule has 13 heavy (non-hydrogen) atoms. The van der Waals surface area contributed by atoms with E-state index < -0.39 is 22.6 Å². The normalized spacial score (nSPS) is 8.31. The van der Waals surface area contributed by atoms with Crippen LogP contribution in [0.1, 0.15) is 0 Å². The largest absolute Gasteiger partial charge is 1.00 e. The summed E-state index contributed by atoms with van der Waals surface area (Å²) in [7, 11) is -2.86. The molecule has 1 N–H and O–H groups in total. The average Bonchev–Trinajstić information content (AvgIpc) is 1.94. The van der Waals surface area contributed by atoms with Crippen molar-refractivity contribution in [3.63, 3.8) is 0 Å². The minimum Gasteiger partial charge on any atom is -0.439 e. The van der Waals surface area contributed by atoms with Crippen molar-refractivity contribution >= 4 is 11.0 Å². The Hall–Kier alpha value is 0.626. The number of benzene rings is 1. The molecule has 0 aliphatic carbocycles. The summed E-state index contributed by atoms with van der Waals surface area (Å²) in [5.41, 5.74) is 0. The molecule has 3 nitrogen and oxygen atoms in total. The Morgan fingerprint density at radius 1 is 1.00 bits per heavy atom. The molecule has 0 unspecified atom stereocenters. The topological polar surface area (TPSA) is 54.4 Å². The maximum absolute atomic E-state index is 11.9. The van der Waals surface area contributed by atoms with Gasteiger partial charge in [0.05, 0.1) is 0 Å². The van der Waals surface area contributed by atoms with Crippen LogP contribution in [0.4, 0.5) is 8.78 Å². The number of hydrogen-bond donors (Lipinski definition) is 1. The molecule has 0 atom stereocenters. The maximum atomic E-state index is 11.9. The first-order valence-electron chi connectivity index (χ1n) is 2.72. The van der Waals surface area contributed by atoms with Crippen molar-refractivity contribution in [2.45, 2.75) is 0 Å². The SMILES string of the molecule is Fc1ccc(F)cc1.O=[S-](=O)O.[K+]. The zero-order valence-corrected chi connectivity index (χ0v) is 10.7. The van der Waals surface area contributed by atoms with Gasteiger partial charge in [-0.05, 0) is 24.3 Å². The third-order valence-corrected chi connectivity index (χ3v) is 0.804. The van der Waals surface area contributed by atoms with Crippen LogP contribution in [-0.2, 0) is 19.4 Å². The third kappa shape index (κ3) is 12.6. The Kier molecular flexibility index (Phi) is 11.4. The summed E-state index contributed by atoms with van der Waals surface area (Å²) in [4.78, 5) is 0. The minimum absolute atomic E-state index is 0. The predicted octanol–water partition coefficient (Wildman–Crippen LogP) is -1.26. The van der Waals surface area contributed by atoms with Gasteiger partial charge in [-0.1, -0.05) is 0 Å². The Balaban J connectivity index is 0. The molecular formula is C6H5F2KO3S. The van der Waals surface area contributed by atoms with Gasteiger partial charge in [0.1, 0.15) is 11.6 Å². The zero-order valence-electron chi connectivity index (χ0n) is 6.74. The monoisotopic (exact) mass is 234 g/mol. The fraction of sp³-hybridized carbons (Fsp3) is 0. The molecule has 0 aromatic heterocycles. The number of rotatable bonds is 0. The van der Waals surface area contributed by atoms with Gasteiger partial charge in [0.25, 0.3) is 0 Å². The van der Waals surface area contributed by atoms with Crippen molar-refractivity contribution in [2.24, 2.45) is 0 Å². The molecule has 0 saturated carbocycles. The van der Waals surface area contributed by atoms with Crippen molar-refractivity contribution in [2.75, 3.05) is 0 Å². The van der Waals surface area contributed by atoms with Crippen LogP contribution in [0.2, 0.25) is 0 Å². The molecule has 0 fully saturated rings. The van der Waals surface area contributed by atoms with Crippen molar-refractivity contribution in [1.29, 1.82) is 0 Å². The van der Waals surface area contributed by atoms with Gasteiger partial charge in [-0.2, -0.15) is 0 Å². The Bertz CT molecular complexity index is 270. The van der Waals surface area contributed by atoms with E-state index in [9.17, 15) is 8.78 Å². The maximum Gasteiger partial charge on any atom is 1.00 e. The molecule has 0 aliphatic heterocycles. The Morgan fingerprint density at radius 3 is 1.31 bits per heavy atom. The van der Waals surface area contributed by atoms with Crippen LogP contribution in [0.15, 0.2) is 24.3 Å². The molecule has 1 aromatic carbocycles. The van der Waals surface area contributed by atoms with Crippen LogP contribution in [0.25, 0.3) is 0 Å². The Labute approximate surface area is 118 Å².